The molecule has 0 amide bonds. The Morgan fingerprint density at radius 2 is 1.86 bits per heavy atom. The largest absolute Gasteiger partial charge is 0.469 e. The van der Waals surface area contributed by atoms with Gasteiger partial charge in [-0.2, -0.15) is 18.4 Å². The molecule has 22 heavy (non-hydrogen) atoms. The zero-order chi connectivity index (χ0) is 16.8. The van der Waals surface area contributed by atoms with Crippen molar-refractivity contribution in [2.45, 2.75) is 15.8 Å². The van der Waals surface area contributed by atoms with Crippen LogP contribution < -0.4 is 0 Å². The molecule has 1 aromatic carbocycles. The monoisotopic (exact) mass is 333 g/mol. The van der Waals surface area contributed by atoms with E-state index in [1.54, 1.807) is 0 Å². The molecule has 5 nitrogen and oxygen atoms in total. The average Bonchev–Trinajstić information content (AvgIpc) is 3.19. The zero-order valence-corrected chi connectivity index (χ0v) is 12.0. The number of alkyl halides is 3. The molecular formula is C13H10F3NO4S. The van der Waals surface area contributed by atoms with E-state index >= 15 is 0 Å². The quantitative estimate of drug-likeness (QED) is 0.786. The molecule has 0 aromatic heterocycles. The third kappa shape index (κ3) is 2.06. The SMILES string of the molecule is COC(=O)[C@H]1[C@H](C(F)(F)F)[C@@]1(C#N)S(=O)(=O)c1ccccc1. The van der Waals surface area contributed by atoms with Gasteiger partial charge in [-0.05, 0) is 12.1 Å². The van der Waals surface area contributed by atoms with Crippen LogP contribution in [-0.2, 0) is 19.4 Å². The molecule has 3 atom stereocenters. The van der Waals surface area contributed by atoms with Crippen molar-refractivity contribution in [3.8, 4) is 6.07 Å². The first-order chi connectivity index (χ1) is 10.1. The Hall–Kier alpha value is -2.08. The highest BCUT2D eigenvalue weighted by Gasteiger charge is 2.85. The smallest absolute Gasteiger partial charge is 0.395 e. The zero-order valence-electron chi connectivity index (χ0n) is 11.2. The number of carbonyl (C=O) groups excluding carboxylic acids is 1. The second-order valence-corrected chi connectivity index (χ2v) is 6.90. The van der Waals surface area contributed by atoms with Gasteiger partial charge in [0.1, 0.15) is 11.8 Å². The highest BCUT2D eigenvalue weighted by atomic mass is 32.2. The van der Waals surface area contributed by atoms with Gasteiger partial charge in [-0.15, -0.1) is 0 Å². The van der Waals surface area contributed by atoms with Gasteiger partial charge in [0.25, 0.3) is 0 Å². The molecule has 1 saturated carbocycles. The summed E-state index contributed by atoms with van der Waals surface area (Å²) in [4.78, 5) is 11.1. The van der Waals surface area contributed by atoms with Crippen molar-refractivity contribution in [2.24, 2.45) is 11.8 Å². The fraction of sp³-hybridized carbons (Fsp3) is 0.385. The Balaban J connectivity index is 2.63. The molecule has 0 radical (unpaired) electrons. The minimum atomic E-state index is -5.02. The molecule has 0 aliphatic heterocycles. The van der Waals surface area contributed by atoms with Crippen LogP contribution in [0.5, 0.6) is 0 Å². The second kappa shape index (κ2) is 4.98. The number of hydrogen-bond donors (Lipinski definition) is 0. The summed E-state index contributed by atoms with van der Waals surface area (Å²) in [5, 5.41) is 9.17. The number of sulfone groups is 1. The van der Waals surface area contributed by atoms with Gasteiger partial charge in [-0.1, -0.05) is 18.2 Å². The molecule has 0 unspecified atom stereocenters. The van der Waals surface area contributed by atoms with E-state index in [2.05, 4.69) is 4.74 Å². The number of nitrogens with zero attached hydrogens (tertiary/aromatic N) is 1. The normalized spacial score (nSPS) is 27.8. The minimum absolute atomic E-state index is 0.447. The first kappa shape index (κ1) is 16.3. The number of carbonyl (C=O) groups is 1. The van der Waals surface area contributed by atoms with Crippen LogP contribution in [0, 0.1) is 23.2 Å². The van der Waals surface area contributed by atoms with E-state index in [1.165, 1.54) is 24.3 Å². The number of methoxy groups -OCH3 is 1. The summed E-state index contributed by atoms with van der Waals surface area (Å²) in [6.07, 6.45) is -5.02. The van der Waals surface area contributed by atoms with Gasteiger partial charge in [0.05, 0.1) is 18.1 Å². The molecule has 2 rings (SSSR count). The third-order valence-electron chi connectivity index (χ3n) is 3.63. The average molecular weight is 333 g/mol. The van der Waals surface area contributed by atoms with E-state index in [0.717, 1.165) is 19.2 Å². The van der Waals surface area contributed by atoms with E-state index in [-0.39, 0.29) is 0 Å². The number of esters is 1. The summed E-state index contributed by atoms with van der Waals surface area (Å²) >= 11 is 0. The van der Waals surface area contributed by atoms with E-state index in [1.807, 2.05) is 0 Å². The Labute approximate surface area is 124 Å². The maximum atomic E-state index is 13.1. The molecule has 1 aliphatic carbocycles. The number of nitriles is 1. The first-order valence-electron chi connectivity index (χ1n) is 6.00. The molecular weight excluding hydrogens is 323 g/mol. The Morgan fingerprint density at radius 1 is 1.32 bits per heavy atom. The van der Waals surface area contributed by atoms with Crippen molar-refractivity contribution in [3.05, 3.63) is 30.3 Å². The molecule has 0 bridgehead atoms. The Kier molecular flexibility index (Phi) is 3.69. The van der Waals surface area contributed by atoms with E-state index in [4.69, 9.17) is 5.26 Å². The van der Waals surface area contributed by atoms with Gasteiger partial charge in [0.2, 0.25) is 0 Å². The fourth-order valence-electron chi connectivity index (χ4n) is 2.56. The number of hydrogen-bond acceptors (Lipinski definition) is 5. The van der Waals surface area contributed by atoms with Gasteiger partial charge in [-0.25, -0.2) is 8.42 Å². The van der Waals surface area contributed by atoms with Crippen molar-refractivity contribution in [3.63, 3.8) is 0 Å². The lowest BCUT2D eigenvalue weighted by molar-refractivity contribution is -0.161. The summed E-state index contributed by atoms with van der Waals surface area (Å²) in [5.41, 5.74) is 0. The molecule has 0 spiro atoms. The van der Waals surface area contributed by atoms with Crippen LogP contribution >= 0.6 is 0 Å². The van der Waals surface area contributed by atoms with Crippen LogP contribution in [0.3, 0.4) is 0 Å². The van der Waals surface area contributed by atoms with Crippen LogP contribution in [0.2, 0.25) is 0 Å². The maximum absolute atomic E-state index is 13.1. The number of halogens is 3. The van der Waals surface area contributed by atoms with Gasteiger partial charge < -0.3 is 4.74 Å². The molecule has 0 saturated heterocycles. The molecule has 0 N–H and O–H groups in total. The van der Waals surface area contributed by atoms with Crippen LogP contribution in [0.1, 0.15) is 0 Å². The molecule has 1 aromatic rings. The van der Waals surface area contributed by atoms with Crippen LogP contribution in [0.4, 0.5) is 13.2 Å². The van der Waals surface area contributed by atoms with E-state index in [0.29, 0.717) is 0 Å². The predicted octanol–water partition coefficient (Wildman–Crippen LogP) is 1.70. The van der Waals surface area contributed by atoms with Gasteiger partial charge in [0.15, 0.2) is 14.6 Å². The molecule has 9 heteroatoms. The van der Waals surface area contributed by atoms with Crippen LogP contribution in [-0.4, -0.2) is 32.4 Å². The number of rotatable bonds is 3. The summed E-state index contributed by atoms with van der Waals surface area (Å²) in [7, 11) is -3.86. The van der Waals surface area contributed by atoms with Crippen molar-refractivity contribution in [2.75, 3.05) is 7.11 Å². The molecule has 118 valence electrons. The standard InChI is InChI=1S/C13H10F3NO4S/c1-21-11(18)9-10(13(14,15)16)12(9,7-17)22(19,20)8-5-3-2-4-6-8/h2-6,9-10H,1H3/t9-,10+,12+/m1/s1. The van der Waals surface area contributed by atoms with E-state index < -0.39 is 43.5 Å². The number of benzene rings is 1. The Bertz CT molecular complexity index is 739. The third-order valence-corrected chi connectivity index (χ3v) is 6.01. The summed E-state index contributed by atoms with van der Waals surface area (Å²) < 4.78 is 65.6. The first-order valence-corrected chi connectivity index (χ1v) is 7.48. The number of ether oxygens (including phenoxy) is 1. The summed E-state index contributed by atoms with van der Waals surface area (Å²) in [5.74, 6) is -6.07. The summed E-state index contributed by atoms with van der Waals surface area (Å²) in [6.45, 7) is 0. The lowest BCUT2D eigenvalue weighted by atomic mass is 10.3. The van der Waals surface area contributed by atoms with Crippen molar-refractivity contribution in [1.82, 2.24) is 0 Å². The van der Waals surface area contributed by atoms with Gasteiger partial charge >= 0.3 is 12.1 Å². The van der Waals surface area contributed by atoms with Gasteiger partial charge in [-0.3, -0.25) is 4.79 Å². The van der Waals surface area contributed by atoms with E-state index in [9.17, 15) is 26.4 Å². The van der Waals surface area contributed by atoms with Crippen LogP contribution in [0.25, 0.3) is 0 Å². The van der Waals surface area contributed by atoms with Gasteiger partial charge in [0, 0.05) is 0 Å². The van der Waals surface area contributed by atoms with Crippen molar-refractivity contribution >= 4 is 15.8 Å². The predicted molar refractivity (Wildman–Crippen MR) is 67.0 cm³/mol. The highest BCUT2D eigenvalue weighted by molar-refractivity contribution is 7.93. The lowest BCUT2D eigenvalue weighted by Gasteiger charge is -2.12. The minimum Gasteiger partial charge on any atom is -0.469 e. The topological polar surface area (TPSA) is 84.2 Å². The lowest BCUT2D eigenvalue weighted by Crippen LogP contribution is -2.30. The maximum Gasteiger partial charge on any atom is 0.395 e. The van der Waals surface area contributed by atoms with Crippen molar-refractivity contribution < 1.29 is 31.1 Å². The molecule has 0 heterocycles. The van der Waals surface area contributed by atoms with Crippen molar-refractivity contribution in [1.29, 1.82) is 5.26 Å². The molecule has 1 aliphatic rings. The second-order valence-electron chi connectivity index (χ2n) is 4.74. The summed E-state index contributed by atoms with van der Waals surface area (Å²) in [6, 6.07) is 7.47. The van der Waals surface area contributed by atoms with Crippen LogP contribution in [0.15, 0.2) is 35.2 Å². The molecule has 1 fully saturated rings. The Morgan fingerprint density at radius 3 is 2.27 bits per heavy atom. The highest BCUT2D eigenvalue weighted by Crippen LogP contribution is 2.64. The fourth-order valence-corrected chi connectivity index (χ4v) is 4.69.